The van der Waals surface area contributed by atoms with Gasteiger partial charge in [0, 0.05) is 48.0 Å². The number of primary amides is 1. The van der Waals surface area contributed by atoms with E-state index in [2.05, 4.69) is 58.2 Å². The number of fused-ring (bicyclic) bond motifs is 5. The number of H-pyrrole nitrogens is 1. The first-order chi connectivity index (χ1) is 41.7. The molecule has 0 aliphatic carbocycles. The zero-order chi connectivity index (χ0) is 66.0. The Kier molecular flexibility index (Phi) is 23.4. The van der Waals surface area contributed by atoms with Gasteiger partial charge in [0.15, 0.2) is 9.84 Å². The Morgan fingerprint density at radius 3 is 2.07 bits per heavy atom. The van der Waals surface area contributed by atoms with E-state index in [9.17, 15) is 68.1 Å². The molecule has 0 radical (unpaired) electrons. The van der Waals surface area contributed by atoms with Gasteiger partial charge < -0.3 is 88.8 Å². The Hall–Kier alpha value is -8.26. The standard InChI is InChI=1S/C58H83N13O17S/c1-10-28(4)47-53(82)61-21-44(76)64-40-26-89(86,87)56-36(35-16-15-34(18-37(35)67-56)88-25-31-11-13-32(14-12-31)63-49(78)30(6)62-54(83)46(27(2)3)70-58(7,8)9)19-38(50(79)60-22-45(77)68-47)65-55(84)48(29(5)42(74)24-72)69-52(81)41-17-33(73)23-71(41)57(85)39(20-43(59)75)66-51(40)80/h11-16,18,27-30,33,38-42,46-48,67,70,72-74H,10,17,19-26H2,1-9H3,(H2,59,75)(H,60,79)(H,61,82)(H,62,83)(H,63,78)(H,64,76)(H,65,84)(H,66,80)(H,68,77)(H,69,81)/t28-,29-,30-,33+,38-,39-,40-,41-,42-,46-,47-,48-/m0/s1. The summed E-state index contributed by atoms with van der Waals surface area (Å²) in [6, 6.07) is -1.54. The van der Waals surface area contributed by atoms with Crippen molar-refractivity contribution < 1.29 is 81.2 Å². The number of rotatable bonds is 16. The molecule has 3 aromatic rings. The van der Waals surface area contributed by atoms with Crippen LogP contribution < -0.4 is 63.6 Å². The Morgan fingerprint density at radius 1 is 0.798 bits per heavy atom. The van der Waals surface area contributed by atoms with Gasteiger partial charge in [0.05, 0.1) is 55.6 Å². The van der Waals surface area contributed by atoms with Crippen LogP contribution in [0.4, 0.5) is 5.69 Å². The van der Waals surface area contributed by atoms with Gasteiger partial charge in [-0.15, -0.1) is 0 Å². The lowest BCUT2D eigenvalue weighted by Gasteiger charge is -2.32. The summed E-state index contributed by atoms with van der Waals surface area (Å²) in [5, 5.41) is 56.9. The highest BCUT2D eigenvalue weighted by Gasteiger charge is 2.46. The number of nitrogens with one attached hydrogen (secondary N) is 11. The Morgan fingerprint density at radius 2 is 1.45 bits per heavy atom. The first-order valence-corrected chi connectivity index (χ1v) is 30.9. The molecule has 0 spiro atoms. The van der Waals surface area contributed by atoms with E-state index in [0.717, 1.165) is 4.90 Å². The largest absolute Gasteiger partial charge is 0.489 e. The highest BCUT2D eigenvalue weighted by molar-refractivity contribution is 7.91. The van der Waals surface area contributed by atoms with Gasteiger partial charge in [-0.2, -0.15) is 0 Å². The molecule has 2 aromatic carbocycles. The molecule has 1 saturated heterocycles. The number of amides is 11. The average Bonchev–Trinajstić information content (AvgIpc) is 1.73. The van der Waals surface area contributed by atoms with Crippen molar-refractivity contribution in [3.8, 4) is 5.75 Å². The molecule has 488 valence electrons. The molecular formula is C58H83N13O17S. The third kappa shape index (κ3) is 18.4. The predicted octanol–water partition coefficient (Wildman–Crippen LogP) is -3.52. The normalized spacial score (nSPS) is 24.4. The van der Waals surface area contributed by atoms with Gasteiger partial charge in [-0.1, -0.05) is 53.2 Å². The molecule has 3 aliphatic heterocycles. The summed E-state index contributed by atoms with van der Waals surface area (Å²) in [6.45, 7) is 12.4. The summed E-state index contributed by atoms with van der Waals surface area (Å²) in [5.41, 5.74) is 6.01. The van der Waals surface area contributed by atoms with E-state index >= 15 is 8.42 Å². The van der Waals surface area contributed by atoms with Gasteiger partial charge in [-0.3, -0.25) is 52.7 Å². The molecule has 11 amide bonds. The molecule has 12 atom stereocenters. The van der Waals surface area contributed by atoms with Crippen molar-refractivity contribution in [2.75, 3.05) is 37.3 Å². The van der Waals surface area contributed by atoms with Crippen LogP contribution in [0.3, 0.4) is 0 Å². The minimum atomic E-state index is -5.03. The topological polar surface area (TPSA) is 457 Å². The molecular weight excluding hydrogens is 1180 g/mol. The SMILES string of the molecule is CC[C@H](C)[C@@H]1NC(=O)CNC(=O)[C@@H]2Cc3c([nH]c4cc(OCc5ccc(NC(=O)[C@H](C)NC(=O)[C@@H](NC(C)(C)C)C(C)C)cc5)ccc34)S(=O)(=O)C[C@H](NC(=O)CNC1=O)C(=O)N[C@@H](CC(N)=O)C(=O)N1C[C@H](O)C[C@H]1C(=O)N[C@@H]([C@@H](C)[C@@H](O)CO)C(=O)N2. The number of hydrogen-bond acceptors (Lipinski definition) is 18. The van der Waals surface area contributed by atoms with Crippen LogP contribution in [-0.2, 0) is 75.6 Å². The van der Waals surface area contributed by atoms with Crippen molar-refractivity contribution in [1.29, 1.82) is 0 Å². The highest BCUT2D eigenvalue weighted by Crippen LogP contribution is 2.32. The van der Waals surface area contributed by atoms with E-state index in [0.29, 0.717) is 17.7 Å². The lowest BCUT2D eigenvalue weighted by atomic mass is 9.93. The number of aromatic nitrogens is 1. The molecule has 1 fully saturated rings. The minimum absolute atomic E-state index is 0.0365. The van der Waals surface area contributed by atoms with Crippen molar-refractivity contribution in [1.82, 2.24) is 57.7 Å². The number of hydrogen-bond donors (Lipinski definition) is 15. The first-order valence-electron chi connectivity index (χ1n) is 29.3. The average molecular weight is 1270 g/mol. The van der Waals surface area contributed by atoms with Crippen molar-refractivity contribution in [3.05, 3.63) is 53.6 Å². The Balaban J connectivity index is 1.43. The van der Waals surface area contributed by atoms with E-state index in [-0.39, 0.29) is 46.2 Å². The van der Waals surface area contributed by atoms with Crippen LogP contribution in [0.5, 0.6) is 5.75 Å². The summed E-state index contributed by atoms with van der Waals surface area (Å²) < 4.78 is 36.6. The summed E-state index contributed by atoms with van der Waals surface area (Å²) >= 11 is 0. The highest BCUT2D eigenvalue weighted by atomic mass is 32.2. The number of aliphatic hydroxyl groups is 3. The summed E-state index contributed by atoms with van der Waals surface area (Å²) in [5.74, 6) is -14.2. The molecule has 31 heteroatoms. The molecule has 2 bridgehead atoms. The van der Waals surface area contributed by atoms with Crippen molar-refractivity contribution in [2.45, 2.75) is 166 Å². The molecule has 30 nitrogen and oxygen atoms in total. The number of ether oxygens (including phenoxy) is 1. The third-order valence-electron chi connectivity index (χ3n) is 15.6. The van der Waals surface area contributed by atoms with Gasteiger partial charge in [0.25, 0.3) is 0 Å². The van der Waals surface area contributed by atoms with Crippen molar-refractivity contribution in [2.24, 2.45) is 23.5 Å². The van der Waals surface area contributed by atoms with E-state index in [4.69, 9.17) is 10.5 Å². The first kappa shape index (κ1) is 69.8. The monoisotopic (exact) mass is 1270 g/mol. The number of aliphatic hydroxyl groups excluding tert-OH is 3. The fourth-order valence-corrected chi connectivity index (χ4v) is 12.1. The van der Waals surface area contributed by atoms with Gasteiger partial charge in [-0.25, -0.2) is 8.42 Å². The molecule has 4 heterocycles. The van der Waals surface area contributed by atoms with Crippen LogP contribution in [0.2, 0.25) is 0 Å². The molecule has 3 aliphatic rings. The maximum atomic E-state index is 15.2. The Labute approximate surface area is 514 Å². The summed E-state index contributed by atoms with van der Waals surface area (Å²) in [4.78, 5) is 157. The van der Waals surface area contributed by atoms with Crippen LogP contribution in [0.25, 0.3) is 10.9 Å². The second kappa shape index (κ2) is 29.8. The van der Waals surface area contributed by atoms with E-state index in [1.54, 1.807) is 45.0 Å². The summed E-state index contributed by atoms with van der Waals surface area (Å²) in [6.07, 6.45) is -5.04. The van der Waals surface area contributed by atoms with Crippen LogP contribution in [0.15, 0.2) is 47.5 Å². The van der Waals surface area contributed by atoms with Crippen LogP contribution in [-0.4, -0.2) is 197 Å². The number of carbonyl (C=O) groups excluding carboxylic acids is 11. The number of nitrogens with zero attached hydrogens (tertiary/aromatic N) is 1. The summed E-state index contributed by atoms with van der Waals surface area (Å²) in [7, 11) is -5.03. The molecule has 16 N–H and O–H groups in total. The van der Waals surface area contributed by atoms with E-state index in [1.165, 1.54) is 25.1 Å². The maximum absolute atomic E-state index is 15.2. The fraction of sp³-hybridized carbons (Fsp3) is 0.569. The van der Waals surface area contributed by atoms with Gasteiger partial charge in [0.2, 0.25) is 65.0 Å². The van der Waals surface area contributed by atoms with Crippen LogP contribution in [0.1, 0.15) is 92.7 Å². The Bertz CT molecular complexity index is 3280. The number of carbonyl (C=O) groups is 11. The van der Waals surface area contributed by atoms with Crippen LogP contribution >= 0.6 is 0 Å². The maximum Gasteiger partial charge on any atom is 0.246 e. The van der Waals surface area contributed by atoms with Crippen LogP contribution in [0, 0.1) is 17.8 Å². The molecule has 0 saturated carbocycles. The molecule has 6 rings (SSSR count). The zero-order valence-corrected chi connectivity index (χ0v) is 51.9. The second-order valence-electron chi connectivity index (χ2n) is 24.2. The van der Waals surface area contributed by atoms with E-state index < -0.39 is 198 Å². The quantitative estimate of drug-likeness (QED) is 0.0661. The molecule has 1 aromatic heterocycles. The van der Waals surface area contributed by atoms with E-state index in [1.807, 2.05) is 34.6 Å². The van der Waals surface area contributed by atoms with Gasteiger partial charge >= 0.3 is 0 Å². The third-order valence-corrected chi connectivity index (χ3v) is 17.3. The molecule has 89 heavy (non-hydrogen) atoms. The number of anilines is 1. The van der Waals surface area contributed by atoms with Gasteiger partial charge in [-0.05, 0) is 74.9 Å². The number of nitrogens with two attached hydrogens (primary N) is 1. The van der Waals surface area contributed by atoms with Crippen molar-refractivity contribution >= 4 is 91.4 Å². The number of aromatic amines is 1. The van der Waals surface area contributed by atoms with Gasteiger partial charge in [0.1, 0.15) is 59.7 Å². The van der Waals surface area contributed by atoms with Crippen molar-refractivity contribution in [3.63, 3.8) is 0 Å². The molecule has 0 unspecified atom stereocenters. The smallest absolute Gasteiger partial charge is 0.246 e. The lowest BCUT2D eigenvalue weighted by molar-refractivity contribution is -0.144. The second-order valence-corrected chi connectivity index (χ2v) is 26.2. The zero-order valence-electron chi connectivity index (χ0n) is 51.1. The lowest BCUT2D eigenvalue weighted by Crippen LogP contribution is -2.62. The predicted molar refractivity (Wildman–Crippen MR) is 320 cm³/mol. The fourth-order valence-electron chi connectivity index (χ4n) is 10.4. The number of sulfone groups is 1. The number of benzene rings is 2. The minimum Gasteiger partial charge on any atom is -0.489 e.